The van der Waals surface area contributed by atoms with Crippen LogP contribution in [0.4, 0.5) is 5.69 Å². The van der Waals surface area contributed by atoms with Crippen LogP contribution >= 0.6 is 22.6 Å². The Kier molecular flexibility index (Phi) is 4.60. The Balaban J connectivity index is 1.79. The number of nitrogens with one attached hydrogen (secondary N) is 1. The summed E-state index contributed by atoms with van der Waals surface area (Å²) in [5.74, 6) is 0.292. The maximum atomic E-state index is 12.0. The molecule has 0 aromatic heterocycles. The summed E-state index contributed by atoms with van der Waals surface area (Å²) in [6, 6.07) is 9.68. The Bertz CT molecular complexity index is 853. The van der Waals surface area contributed by atoms with E-state index in [0.717, 1.165) is 3.57 Å². The van der Waals surface area contributed by atoms with Gasteiger partial charge in [0.1, 0.15) is 0 Å². The van der Waals surface area contributed by atoms with Crippen molar-refractivity contribution in [3.05, 3.63) is 61.2 Å². The highest BCUT2D eigenvalue weighted by atomic mass is 127. The molecule has 1 N–H and O–H groups in total. The fourth-order valence-corrected chi connectivity index (χ4v) is 2.61. The van der Waals surface area contributed by atoms with Gasteiger partial charge in [0.05, 0.1) is 22.8 Å². The molecule has 1 aliphatic heterocycles. The van der Waals surface area contributed by atoms with E-state index in [1.54, 1.807) is 18.2 Å². The Morgan fingerprint density at radius 2 is 2.04 bits per heavy atom. The van der Waals surface area contributed by atoms with Crippen LogP contribution in [0.5, 0.6) is 11.5 Å². The van der Waals surface area contributed by atoms with E-state index in [9.17, 15) is 14.9 Å². The maximum absolute atomic E-state index is 12.0. The molecule has 0 spiro atoms. The normalized spacial score (nSPS) is 12.4. The van der Waals surface area contributed by atoms with Crippen LogP contribution in [0.25, 0.3) is 0 Å². The van der Waals surface area contributed by atoms with Gasteiger partial charge in [0.15, 0.2) is 11.5 Å². The predicted octanol–water partition coefficient (Wildman–Crippen LogP) is 2.69. The first kappa shape index (κ1) is 16.2. The van der Waals surface area contributed by atoms with Gasteiger partial charge in [-0.15, -0.1) is 0 Å². The van der Waals surface area contributed by atoms with Gasteiger partial charge in [-0.25, -0.2) is 5.43 Å². The number of halogens is 1. The van der Waals surface area contributed by atoms with Crippen LogP contribution in [0.1, 0.15) is 15.9 Å². The second kappa shape index (κ2) is 6.83. The number of nitrogens with zero attached hydrogens (tertiary/aromatic N) is 2. The minimum atomic E-state index is -0.551. The SMILES string of the molecule is O=C(NN=Cc1cc2c(cc1[N+](=O)[O-])OCO2)c1cccc(I)c1. The molecule has 8 nitrogen and oxygen atoms in total. The molecule has 1 heterocycles. The van der Waals surface area contributed by atoms with Gasteiger partial charge in [0, 0.05) is 9.13 Å². The molecule has 2 aromatic rings. The number of carbonyl (C=O) groups excluding carboxylic acids is 1. The van der Waals surface area contributed by atoms with Crippen molar-refractivity contribution >= 4 is 40.4 Å². The number of hydrogen-bond donors (Lipinski definition) is 1. The van der Waals surface area contributed by atoms with Gasteiger partial charge in [-0.1, -0.05) is 6.07 Å². The van der Waals surface area contributed by atoms with Crippen LogP contribution < -0.4 is 14.9 Å². The Morgan fingerprint density at radius 1 is 1.29 bits per heavy atom. The lowest BCUT2D eigenvalue weighted by atomic mass is 10.1. The Labute approximate surface area is 149 Å². The smallest absolute Gasteiger partial charge is 0.282 e. The fourth-order valence-electron chi connectivity index (χ4n) is 2.06. The number of nitro groups is 1. The van der Waals surface area contributed by atoms with Gasteiger partial charge in [0.25, 0.3) is 11.6 Å². The lowest BCUT2D eigenvalue weighted by Gasteiger charge is -2.02. The number of amides is 1. The molecule has 122 valence electrons. The van der Waals surface area contributed by atoms with Crippen LogP contribution in [-0.2, 0) is 0 Å². The minimum Gasteiger partial charge on any atom is -0.454 e. The molecule has 3 rings (SSSR count). The Hall–Kier alpha value is -2.69. The van der Waals surface area contributed by atoms with Gasteiger partial charge >= 0.3 is 0 Å². The summed E-state index contributed by atoms with van der Waals surface area (Å²) < 4.78 is 11.2. The average Bonchev–Trinajstić information content (AvgIpc) is 3.01. The fraction of sp³-hybridized carbons (Fsp3) is 0.0667. The Morgan fingerprint density at radius 3 is 2.75 bits per heavy atom. The van der Waals surface area contributed by atoms with Crippen molar-refractivity contribution in [2.24, 2.45) is 5.10 Å². The lowest BCUT2D eigenvalue weighted by Crippen LogP contribution is -2.17. The second-order valence-electron chi connectivity index (χ2n) is 4.73. The van der Waals surface area contributed by atoms with Crippen molar-refractivity contribution in [2.45, 2.75) is 0 Å². The minimum absolute atomic E-state index is 0.0104. The molecule has 9 heteroatoms. The summed E-state index contributed by atoms with van der Waals surface area (Å²) >= 11 is 2.09. The molecule has 0 saturated carbocycles. The summed E-state index contributed by atoms with van der Waals surface area (Å²) in [7, 11) is 0. The van der Waals surface area contributed by atoms with Crippen LogP contribution in [0, 0.1) is 13.7 Å². The van der Waals surface area contributed by atoms with E-state index < -0.39 is 10.8 Å². The third-order valence-corrected chi connectivity index (χ3v) is 3.85. The molecule has 0 fully saturated rings. The van der Waals surface area contributed by atoms with Gasteiger partial charge in [-0.05, 0) is 46.9 Å². The first-order chi connectivity index (χ1) is 11.5. The molecule has 0 saturated heterocycles. The van der Waals surface area contributed by atoms with Crippen molar-refractivity contribution in [3.8, 4) is 11.5 Å². The third-order valence-electron chi connectivity index (χ3n) is 3.18. The molecule has 1 amide bonds. The van der Waals surface area contributed by atoms with E-state index in [2.05, 4.69) is 33.1 Å². The molecule has 2 aromatic carbocycles. The van der Waals surface area contributed by atoms with Crippen molar-refractivity contribution in [2.75, 3.05) is 6.79 Å². The highest BCUT2D eigenvalue weighted by Crippen LogP contribution is 2.37. The molecule has 24 heavy (non-hydrogen) atoms. The molecular formula is C15H10IN3O5. The summed E-state index contributed by atoms with van der Waals surface area (Å²) in [6.07, 6.45) is 1.20. The van der Waals surface area contributed by atoms with E-state index in [0.29, 0.717) is 17.1 Å². The van der Waals surface area contributed by atoms with Crippen LogP contribution in [-0.4, -0.2) is 23.8 Å². The molecule has 0 atom stereocenters. The number of carbonyl (C=O) groups is 1. The highest BCUT2D eigenvalue weighted by Gasteiger charge is 2.22. The summed E-state index contributed by atoms with van der Waals surface area (Å²) in [6.45, 7) is 0.0104. The van der Waals surface area contributed by atoms with Crippen molar-refractivity contribution < 1.29 is 19.2 Å². The first-order valence-electron chi connectivity index (χ1n) is 6.71. The maximum Gasteiger partial charge on any atom is 0.282 e. The van der Waals surface area contributed by atoms with Crippen molar-refractivity contribution in [1.82, 2.24) is 5.43 Å². The first-order valence-corrected chi connectivity index (χ1v) is 7.79. The summed E-state index contributed by atoms with van der Waals surface area (Å²) in [5.41, 5.74) is 2.80. The van der Waals surface area contributed by atoms with E-state index in [1.165, 1.54) is 18.3 Å². The largest absolute Gasteiger partial charge is 0.454 e. The molecule has 0 aliphatic carbocycles. The zero-order valence-electron chi connectivity index (χ0n) is 12.1. The number of hydrazone groups is 1. The number of fused-ring (bicyclic) bond motifs is 1. The quantitative estimate of drug-likeness (QED) is 0.342. The number of rotatable bonds is 4. The monoisotopic (exact) mass is 439 g/mol. The lowest BCUT2D eigenvalue weighted by molar-refractivity contribution is -0.385. The second-order valence-corrected chi connectivity index (χ2v) is 5.98. The highest BCUT2D eigenvalue weighted by molar-refractivity contribution is 14.1. The number of benzene rings is 2. The molecule has 0 unspecified atom stereocenters. The van der Waals surface area contributed by atoms with E-state index in [-0.39, 0.29) is 18.0 Å². The van der Waals surface area contributed by atoms with Crippen LogP contribution in [0.3, 0.4) is 0 Å². The predicted molar refractivity (Wildman–Crippen MR) is 93.4 cm³/mol. The number of hydrogen-bond acceptors (Lipinski definition) is 6. The average molecular weight is 439 g/mol. The summed E-state index contributed by atoms with van der Waals surface area (Å²) in [5, 5.41) is 14.9. The topological polar surface area (TPSA) is 103 Å². The third kappa shape index (κ3) is 3.45. The zero-order chi connectivity index (χ0) is 17.1. The summed E-state index contributed by atoms with van der Waals surface area (Å²) in [4.78, 5) is 22.6. The standard InChI is InChI=1S/C15H10IN3O5/c16-11-3-1-2-9(4-11)15(20)18-17-7-10-5-13-14(24-8-23-13)6-12(10)19(21)22/h1-7H,8H2,(H,18,20). The van der Waals surface area contributed by atoms with Gasteiger partial charge in [0.2, 0.25) is 6.79 Å². The van der Waals surface area contributed by atoms with Crippen molar-refractivity contribution in [3.63, 3.8) is 0 Å². The molecular weight excluding hydrogens is 429 g/mol. The zero-order valence-corrected chi connectivity index (χ0v) is 14.2. The van der Waals surface area contributed by atoms with Gasteiger partial charge < -0.3 is 9.47 Å². The van der Waals surface area contributed by atoms with Crippen LogP contribution in [0.2, 0.25) is 0 Å². The molecule has 0 bridgehead atoms. The van der Waals surface area contributed by atoms with Crippen LogP contribution in [0.15, 0.2) is 41.5 Å². The van der Waals surface area contributed by atoms with E-state index in [4.69, 9.17) is 9.47 Å². The van der Waals surface area contributed by atoms with Gasteiger partial charge in [-0.2, -0.15) is 5.10 Å². The van der Waals surface area contributed by atoms with E-state index in [1.807, 2.05) is 6.07 Å². The number of ether oxygens (including phenoxy) is 2. The van der Waals surface area contributed by atoms with E-state index >= 15 is 0 Å². The molecule has 1 aliphatic rings. The van der Waals surface area contributed by atoms with Crippen molar-refractivity contribution in [1.29, 1.82) is 0 Å². The molecule has 0 radical (unpaired) electrons. The number of nitro benzene ring substituents is 1. The van der Waals surface area contributed by atoms with Gasteiger partial charge in [-0.3, -0.25) is 14.9 Å².